The Labute approximate surface area is 79.9 Å². The molecule has 0 aliphatic carbocycles. The smallest absolute Gasteiger partial charge is 0.223 e. The van der Waals surface area contributed by atoms with E-state index in [0.29, 0.717) is 5.92 Å². The van der Waals surface area contributed by atoms with Crippen LogP contribution in [-0.4, -0.2) is 18.2 Å². The van der Waals surface area contributed by atoms with Crippen molar-refractivity contribution >= 4 is 11.7 Å². The highest BCUT2D eigenvalue weighted by Gasteiger charge is 2.13. The third kappa shape index (κ3) is 6.31. The molecule has 0 saturated carbocycles. The van der Waals surface area contributed by atoms with Crippen molar-refractivity contribution in [2.75, 3.05) is 6.54 Å². The maximum absolute atomic E-state index is 11.3. The van der Waals surface area contributed by atoms with Crippen LogP contribution in [0.3, 0.4) is 0 Å². The van der Waals surface area contributed by atoms with E-state index in [2.05, 4.69) is 19.2 Å². The third-order valence-electron chi connectivity index (χ3n) is 1.78. The van der Waals surface area contributed by atoms with Crippen LogP contribution in [0.5, 0.6) is 0 Å². The first-order chi connectivity index (χ1) is 5.93. The van der Waals surface area contributed by atoms with Crippen LogP contribution in [0.15, 0.2) is 0 Å². The van der Waals surface area contributed by atoms with Crippen LogP contribution in [-0.2, 0) is 9.59 Å². The van der Waals surface area contributed by atoms with Gasteiger partial charge in [0.25, 0.3) is 0 Å². The molecule has 0 saturated heterocycles. The molecule has 13 heavy (non-hydrogen) atoms. The van der Waals surface area contributed by atoms with Crippen molar-refractivity contribution in [2.45, 2.75) is 34.1 Å². The summed E-state index contributed by atoms with van der Waals surface area (Å²) in [7, 11) is 0. The number of hydrogen-bond acceptors (Lipinski definition) is 2. The van der Waals surface area contributed by atoms with Crippen molar-refractivity contribution in [3.8, 4) is 0 Å². The molecule has 0 radical (unpaired) electrons. The Morgan fingerprint density at radius 3 is 2.15 bits per heavy atom. The van der Waals surface area contributed by atoms with Crippen LogP contribution in [0, 0.1) is 11.8 Å². The van der Waals surface area contributed by atoms with Crippen molar-refractivity contribution in [3.63, 3.8) is 0 Å². The van der Waals surface area contributed by atoms with Crippen molar-refractivity contribution in [1.82, 2.24) is 5.32 Å². The quantitative estimate of drug-likeness (QED) is 0.703. The summed E-state index contributed by atoms with van der Waals surface area (Å²) in [6.45, 7) is 7.66. The summed E-state index contributed by atoms with van der Waals surface area (Å²) < 4.78 is 0. The van der Waals surface area contributed by atoms with E-state index >= 15 is 0 Å². The third-order valence-corrected chi connectivity index (χ3v) is 1.78. The highest BCUT2D eigenvalue weighted by molar-refractivity contribution is 5.85. The second-order valence-corrected chi connectivity index (χ2v) is 3.95. The van der Waals surface area contributed by atoms with Gasteiger partial charge in [0.1, 0.15) is 5.78 Å². The number of carbonyl (C=O) groups excluding carboxylic acids is 2. The molecule has 0 aliphatic rings. The molecule has 0 rings (SSSR count). The number of carbonyl (C=O) groups is 2. The van der Waals surface area contributed by atoms with Crippen molar-refractivity contribution in [3.05, 3.63) is 0 Å². The van der Waals surface area contributed by atoms with E-state index < -0.39 is 0 Å². The summed E-state index contributed by atoms with van der Waals surface area (Å²) in [4.78, 5) is 21.9. The minimum atomic E-state index is -0.0242. The lowest BCUT2D eigenvalue weighted by atomic mass is 9.98. The molecule has 76 valence electrons. The van der Waals surface area contributed by atoms with Crippen LogP contribution in [0.1, 0.15) is 34.1 Å². The maximum atomic E-state index is 11.3. The lowest BCUT2D eigenvalue weighted by molar-refractivity contribution is -0.127. The van der Waals surface area contributed by atoms with E-state index in [1.54, 1.807) is 0 Å². The second-order valence-electron chi connectivity index (χ2n) is 3.95. The second kappa shape index (κ2) is 5.73. The zero-order valence-electron chi connectivity index (χ0n) is 8.89. The predicted molar refractivity (Wildman–Crippen MR) is 52.3 cm³/mol. The molecule has 1 unspecified atom stereocenters. The topological polar surface area (TPSA) is 46.2 Å². The summed E-state index contributed by atoms with van der Waals surface area (Å²) in [6.07, 6.45) is 0.865. The summed E-state index contributed by atoms with van der Waals surface area (Å²) in [5, 5.41) is 2.60. The molecule has 0 heterocycles. The van der Waals surface area contributed by atoms with Crippen LogP contribution in [0.2, 0.25) is 0 Å². The van der Waals surface area contributed by atoms with Gasteiger partial charge in [-0.1, -0.05) is 20.8 Å². The molecule has 3 heteroatoms. The normalized spacial score (nSPS) is 12.7. The monoisotopic (exact) mass is 185 g/mol. The highest BCUT2D eigenvalue weighted by atomic mass is 16.2. The van der Waals surface area contributed by atoms with Gasteiger partial charge in [0, 0.05) is 5.92 Å². The average molecular weight is 185 g/mol. The van der Waals surface area contributed by atoms with Crippen LogP contribution >= 0.6 is 0 Å². The molecule has 3 nitrogen and oxygen atoms in total. The van der Waals surface area contributed by atoms with E-state index in [4.69, 9.17) is 0 Å². The summed E-state index contributed by atoms with van der Waals surface area (Å²) in [5.74, 6) is 0.478. The summed E-state index contributed by atoms with van der Waals surface area (Å²) >= 11 is 0. The fourth-order valence-corrected chi connectivity index (χ4v) is 1.20. The number of nitrogens with one attached hydrogen (secondary N) is 1. The van der Waals surface area contributed by atoms with E-state index in [1.165, 1.54) is 6.92 Å². The molecule has 0 spiro atoms. The number of rotatable bonds is 5. The Morgan fingerprint density at radius 2 is 1.77 bits per heavy atom. The molecule has 0 aromatic heterocycles. The molecule has 0 fully saturated rings. The highest BCUT2D eigenvalue weighted by Crippen LogP contribution is 2.10. The standard InChI is InChI=1S/C10H19NO2/c1-7(2)5-8(3)10(13)11-6-9(4)12/h7-8H,5-6H2,1-4H3,(H,11,13). The average Bonchev–Trinajstić information content (AvgIpc) is 1.98. The van der Waals surface area contributed by atoms with E-state index in [-0.39, 0.29) is 24.2 Å². The van der Waals surface area contributed by atoms with Gasteiger partial charge < -0.3 is 5.32 Å². The summed E-state index contributed by atoms with van der Waals surface area (Å²) in [6, 6.07) is 0. The SMILES string of the molecule is CC(=O)CNC(=O)C(C)CC(C)C. The molecule has 1 atom stereocenters. The van der Waals surface area contributed by atoms with Crippen LogP contribution < -0.4 is 5.32 Å². The molecule has 0 bridgehead atoms. The lowest BCUT2D eigenvalue weighted by Crippen LogP contribution is -2.33. The number of ketones is 1. The molecule has 0 aromatic rings. The lowest BCUT2D eigenvalue weighted by Gasteiger charge is -2.13. The fourth-order valence-electron chi connectivity index (χ4n) is 1.20. The van der Waals surface area contributed by atoms with Crippen LogP contribution in [0.4, 0.5) is 0 Å². The molecular formula is C10H19NO2. The van der Waals surface area contributed by atoms with Gasteiger partial charge in [-0.15, -0.1) is 0 Å². The predicted octanol–water partition coefficient (Wildman–Crippen LogP) is 1.37. The first kappa shape index (κ1) is 12.1. The largest absolute Gasteiger partial charge is 0.349 e. The molecule has 0 aliphatic heterocycles. The van der Waals surface area contributed by atoms with Gasteiger partial charge in [0.2, 0.25) is 5.91 Å². The first-order valence-electron chi connectivity index (χ1n) is 4.70. The zero-order valence-corrected chi connectivity index (χ0v) is 8.89. The maximum Gasteiger partial charge on any atom is 0.223 e. The van der Waals surface area contributed by atoms with Gasteiger partial charge in [-0.25, -0.2) is 0 Å². The Kier molecular flexibility index (Phi) is 5.35. The fraction of sp³-hybridized carbons (Fsp3) is 0.800. The Morgan fingerprint density at radius 1 is 1.23 bits per heavy atom. The number of Topliss-reactive ketones (excluding diaryl/α,β-unsaturated/α-hetero) is 1. The van der Waals surface area contributed by atoms with E-state index in [9.17, 15) is 9.59 Å². The minimum absolute atomic E-state index is 0.000602. The first-order valence-corrected chi connectivity index (χ1v) is 4.70. The van der Waals surface area contributed by atoms with Crippen molar-refractivity contribution in [1.29, 1.82) is 0 Å². The molecule has 0 aromatic carbocycles. The van der Waals surface area contributed by atoms with Gasteiger partial charge in [-0.3, -0.25) is 9.59 Å². The number of hydrogen-bond donors (Lipinski definition) is 1. The Balaban J connectivity index is 3.76. The molecular weight excluding hydrogens is 166 g/mol. The zero-order chi connectivity index (χ0) is 10.4. The van der Waals surface area contributed by atoms with E-state index in [0.717, 1.165) is 6.42 Å². The van der Waals surface area contributed by atoms with E-state index in [1.807, 2.05) is 6.92 Å². The van der Waals surface area contributed by atoms with Gasteiger partial charge in [-0.05, 0) is 19.3 Å². The minimum Gasteiger partial charge on any atom is -0.349 e. The van der Waals surface area contributed by atoms with Crippen molar-refractivity contribution < 1.29 is 9.59 Å². The molecule has 1 amide bonds. The Hall–Kier alpha value is -0.860. The van der Waals surface area contributed by atoms with Gasteiger partial charge in [0.15, 0.2) is 0 Å². The van der Waals surface area contributed by atoms with Crippen LogP contribution in [0.25, 0.3) is 0 Å². The molecule has 1 N–H and O–H groups in total. The number of amides is 1. The van der Waals surface area contributed by atoms with Crippen molar-refractivity contribution in [2.24, 2.45) is 11.8 Å². The van der Waals surface area contributed by atoms with Gasteiger partial charge in [0.05, 0.1) is 6.54 Å². The van der Waals surface area contributed by atoms with Gasteiger partial charge >= 0.3 is 0 Å². The summed E-state index contributed by atoms with van der Waals surface area (Å²) in [5.41, 5.74) is 0. The Bertz CT molecular complexity index is 187. The van der Waals surface area contributed by atoms with Gasteiger partial charge in [-0.2, -0.15) is 0 Å².